The summed E-state index contributed by atoms with van der Waals surface area (Å²) in [7, 11) is 1.36. The predicted octanol–water partition coefficient (Wildman–Crippen LogP) is 4.21. The Morgan fingerprint density at radius 2 is 1.73 bits per heavy atom. The highest BCUT2D eigenvalue weighted by atomic mass is 19.3. The Bertz CT molecular complexity index is 1210. The number of esters is 1. The molecule has 33 heavy (non-hydrogen) atoms. The second-order valence-electron chi connectivity index (χ2n) is 7.27. The summed E-state index contributed by atoms with van der Waals surface area (Å²) in [5.74, 6) is -1.14. The average Bonchev–Trinajstić information content (AvgIpc) is 3.05. The number of anilines is 1. The van der Waals surface area contributed by atoms with Crippen molar-refractivity contribution >= 4 is 28.3 Å². The monoisotopic (exact) mass is 457 g/mol. The first kappa shape index (κ1) is 22.5. The molecule has 0 spiro atoms. The van der Waals surface area contributed by atoms with Crippen molar-refractivity contribution in [1.82, 2.24) is 0 Å². The van der Waals surface area contributed by atoms with Gasteiger partial charge in [0, 0.05) is 16.5 Å². The van der Waals surface area contributed by atoms with Gasteiger partial charge in [0.15, 0.2) is 6.23 Å². The fourth-order valence-electron chi connectivity index (χ4n) is 4.05. The van der Waals surface area contributed by atoms with Gasteiger partial charge in [0.25, 0.3) is 5.91 Å². The van der Waals surface area contributed by atoms with Gasteiger partial charge in [-0.1, -0.05) is 36.4 Å². The SMILES string of the molecule is CCOC(=O)Cc1ccc(N2C(=O)c3c(c(OC(F)F)c4ccccc4c3OC)C2O)cc1. The Labute approximate surface area is 188 Å². The zero-order valence-electron chi connectivity index (χ0n) is 17.9. The molecule has 0 fully saturated rings. The lowest BCUT2D eigenvalue weighted by Crippen LogP contribution is -2.27. The van der Waals surface area contributed by atoms with E-state index in [2.05, 4.69) is 0 Å². The Morgan fingerprint density at radius 3 is 2.30 bits per heavy atom. The van der Waals surface area contributed by atoms with Gasteiger partial charge in [0.2, 0.25) is 0 Å². The number of fused-ring (bicyclic) bond motifs is 2. The molecule has 1 aliphatic rings. The molecule has 0 aromatic heterocycles. The lowest BCUT2D eigenvalue weighted by molar-refractivity contribution is -0.142. The largest absolute Gasteiger partial charge is 0.495 e. The van der Waals surface area contributed by atoms with Crippen molar-refractivity contribution in [2.24, 2.45) is 0 Å². The number of nitrogens with zero attached hydrogens (tertiary/aromatic N) is 1. The summed E-state index contributed by atoms with van der Waals surface area (Å²) in [5, 5.41) is 11.8. The number of hydrogen-bond donors (Lipinski definition) is 1. The van der Waals surface area contributed by atoms with Gasteiger partial charge < -0.3 is 19.3 Å². The molecule has 1 atom stereocenters. The van der Waals surface area contributed by atoms with Crippen LogP contribution in [0.5, 0.6) is 11.5 Å². The van der Waals surface area contributed by atoms with Gasteiger partial charge in [-0.2, -0.15) is 8.78 Å². The van der Waals surface area contributed by atoms with Crippen molar-refractivity contribution in [2.75, 3.05) is 18.6 Å². The van der Waals surface area contributed by atoms with Crippen LogP contribution in [0.4, 0.5) is 14.5 Å². The summed E-state index contributed by atoms with van der Waals surface area (Å²) in [6.07, 6.45) is -1.54. The average molecular weight is 457 g/mol. The molecule has 0 saturated heterocycles. The molecular formula is C24H21F2NO6. The van der Waals surface area contributed by atoms with Gasteiger partial charge in [-0.25, -0.2) is 0 Å². The number of hydrogen-bond acceptors (Lipinski definition) is 6. The predicted molar refractivity (Wildman–Crippen MR) is 116 cm³/mol. The molecule has 3 aromatic carbocycles. The molecule has 0 aliphatic carbocycles. The van der Waals surface area contributed by atoms with Gasteiger partial charge >= 0.3 is 12.6 Å². The lowest BCUT2D eigenvalue weighted by Gasteiger charge is -2.22. The molecule has 9 heteroatoms. The van der Waals surface area contributed by atoms with Crippen molar-refractivity contribution in [3.8, 4) is 11.5 Å². The zero-order chi connectivity index (χ0) is 23.7. The van der Waals surface area contributed by atoms with Crippen LogP contribution in [0, 0.1) is 0 Å². The molecule has 1 heterocycles. The van der Waals surface area contributed by atoms with Crippen LogP contribution in [0.3, 0.4) is 0 Å². The standard InChI is InChI=1S/C24H21F2NO6/c1-3-32-17(28)12-13-8-10-14(11-9-13)27-22(29)18-19(23(27)30)21(33-24(25)26)16-7-5-4-6-15(16)20(18)31-2/h4-11,23-24,30H,3,12H2,1-2H3. The second kappa shape index (κ2) is 9.03. The van der Waals surface area contributed by atoms with Crippen molar-refractivity contribution in [2.45, 2.75) is 26.2 Å². The number of halogens is 2. The molecule has 4 rings (SSSR count). The van der Waals surface area contributed by atoms with Crippen LogP contribution in [0.25, 0.3) is 10.8 Å². The Balaban J connectivity index is 1.80. The first-order chi connectivity index (χ1) is 15.9. The van der Waals surface area contributed by atoms with E-state index in [4.69, 9.17) is 14.2 Å². The molecule has 0 saturated carbocycles. The van der Waals surface area contributed by atoms with E-state index >= 15 is 0 Å². The number of aliphatic hydroxyl groups is 1. The van der Waals surface area contributed by atoms with E-state index in [0.29, 0.717) is 16.6 Å². The van der Waals surface area contributed by atoms with E-state index in [-0.39, 0.29) is 47.0 Å². The number of benzene rings is 3. The van der Waals surface area contributed by atoms with Gasteiger partial charge in [-0.3, -0.25) is 14.5 Å². The van der Waals surface area contributed by atoms with E-state index in [1.807, 2.05) is 0 Å². The number of rotatable bonds is 7. The summed E-state index contributed by atoms with van der Waals surface area (Å²) in [6.45, 7) is -1.18. The maximum absolute atomic E-state index is 13.4. The smallest absolute Gasteiger partial charge is 0.387 e. The fourth-order valence-corrected chi connectivity index (χ4v) is 4.05. The lowest BCUT2D eigenvalue weighted by atomic mass is 9.98. The summed E-state index contributed by atoms with van der Waals surface area (Å²) in [6, 6.07) is 12.9. The van der Waals surface area contributed by atoms with Gasteiger partial charge in [-0.15, -0.1) is 0 Å². The second-order valence-corrected chi connectivity index (χ2v) is 7.27. The molecule has 1 unspecified atom stereocenters. The molecule has 172 valence electrons. The van der Waals surface area contributed by atoms with E-state index in [1.165, 1.54) is 7.11 Å². The fraction of sp³-hybridized carbons (Fsp3) is 0.250. The van der Waals surface area contributed by atoms with E-state index in [1.54, 1.807) is 55.5 Å². The third kappa shape index (κ3) is 3.95. The molecule has 7 nitrogen and oxygen atoms in total. The summed E-state index contributed by atoms with van der Waals surface area (Å²) in [5.41, 5.74) is 0.827. The normalized spacial score (nSPS) is 15.2. The van der Waals surface area contributed by atoms with Crippen molar-refractivity contribution < 1.29 is 37.7 Å². The Hall–Kier alpha value is -3.72. The van der Waals surface area contributed by atoms with Gasteiger partial charge in [0.05, 0.1) is 31.3 Å². The topological polar surface area (TPSA) is 85.3 Å². The van der Waals surface area contributed by atoms with Crippen LogP contribution in [-0.4, -0.2) is 37.3 Å². The maximum Gasteiger partial charge on any atom is 0.387 e. The Morgan fingerprint density at radius 1 is 1.09 bits per heavy atom. The Kier molecular flexibility index (Phi) is 6.15. The van der Waals surface area contributed by atoms with E-state index < -0.39 is 18.7 Å². The first-order valence-corrected chi connectivity index (χ1v) is 10.2. The number of carbonyl (C=O) groups excluding carboxylic acids is 2. The maximum atomic E-state index is 13.4. The highest BCUT2D eigenvalue weighted by Gasteiger charge is 2.43. The molecule has 1 N–H and O–H groups in total. The third-order valence-corrected chi connectivity index (χ3v) is 5.37. The highest BCUT2D eigenvalue weighted by molar-refractivity contribution is 6.17. The number of alkyl halides is 2. The zero-order valence-corrected chi connectivity index (χ0v) is 17.9. The summed E-state index contributed by atoms with van der Waals surface area (Å²) < 4.78 is 41.7. The van der Waals surface area contributed by atoms with Crippen molar-refractivity contribution in [3.05, 3.63) is 65.2 Å². The third-order valence-electron chi connectivity index (χ3n) is 5.37. The number of methoxy groups -OCH3 is 1. The molecule has 0 radical (unpaired) electrons. The highest BCUT2D eigenvalue weighted by Crippen LogP contribution is 2.50. The van der Waals surface area contributed by atoms with Crippen molar-refractivity contribution in [1.29, 1.82) is 0 Å². The van der Waals surface area contributed by atoms with Crippen LogP contribution in [0.15, 0.2) is 48.5 Å². The number of aliphatic hydroxyl groups excluding tert-OH is 1. The minimum atomic E-state index is -3.16. The molecule has 1 aliphatic heterocycles. The van der Waals surface area contributed by atoms with Gasteiger partial charge in [0.1, 0.15) is 11.5 Å². The number of carbonyl (C=O) groups is 2. The summed E-state index contributed by atoms with van der Waals surface area (Å²) >= 11 is 0. The van der Waals surface area contributed by atoms with Crippen molar-refractivity contribution in [3.63, 3.8) is 0 Å². The minimum absolute atomic E-state index is 0.0463. The van der Waals surface area contributed by atoms with E-state index in [0.717, 1.165) is 4.90 Å². The van der Waals surface area contributed by atoms with Crippen LogP contribution in [0.1, 0.15) is 34.6 Å². The van der Waals surface area contributed by atoms with Crippen LogP contribution >= 0.6 is 0 Å². The quantitative estimate of drug-likeness (QED) is 0.535. The molecule has 3 aromatic rings. The molecule has 0 bridgehead atoms. The van der Waals surface area contributed by atoms with Crippen LogP contribution < -0.4 is 14.4 Å². The van der Waals surface area contributed by atoms with Gasteiger partial charge in [-0.05, 0) is 24.6 Å². The first-order valence-electron chi connectivity index (χ1n) is 10.2. The molecule has 1 amide bonds. The molecular weight excluding hydrogens is 436 g/mol. The van der Waals surface area contributed by atoms with Crippen LogP contribution in [0.2, 0.25) is 0 Å². The number of ether oxygens (including phenoxy) is 3. The van der Waals surface area contributed by atoms with Crippen LogP contribution in [-0.2, 0) is 16.0 Å². The summed E-state index contributed by atoms with van der Waals surface area (Å²) in [4.78, 5) is 26.2. The minimum Gasteiger partial charge on any atom is -0.495 e. The number of amides is 1. The van der Waals surface area contributed by atoms with E-state index in [9.17, 15) is 23.5 Å².